The molecule has 0 saturated carbocycles. The highest BCUT2D eigenvalue weighted by Gasteiger charge is 2.49. The molecule has 1 aromatic carbocycles. The van der Waals surface area contributed by atoms with E-state index in [9.17, 15) is 15.0 Å². The quantitative estimate of drug-likeness (QED) is 0.693. The minimum atomic E-state index is -1.30. The largest absolute Gasteiger partial charge is 0.388 e. The topological polar surface area (TPSA) is 97.3 Å². The summed E-state index contributed by atoms with van der Waals surface area (Å²) in [7, 11) is 0. The van der Waals surface area contributed by atoms with Gasteiger partial charge in [0.2, 0.25) is 5.91 Å². The van der Waals surface area contributed by atoms with Gasteiger partial charge in [0.25, 0.3) is 0 Å². The Hall–Kier alpha value is -1.51. The van der Waals surface area contributed by atoms with Crippen LogP contribution in [0.2, 0.25) is 0 Å². The van der Waals surface area contributed by atoms with Gasteiger partial charge in [-0.05, 0) is 0 Å². The molecule has 0 radical (unpaired) electrons. The molecule has 0 bridgehead atoms. The van der Waals surface area contributed by atoms with Crippen molar-refractivity contribution in [1.82, 2.24) is 5.32 Å². The van der Waals surface area contributed by atoms with Crippen molar-refractivity contribution in [1.29, 1.82) is 0 Å². The van der Waals surface area contributed by atoms with Crippen molar-refractivity contribution in [3.63, 3.8) is 0 Å². The highest BCUT2D eigenvalue weighted by molar-refractivity contribution is 5.73. The van der Waals surface area contributed by atoms with Crippen molar-refractivity contribution in [2.24, 2.45) is 0 Å². The average Bonchev–Trinajstić information content (AvgIpc) is 2.52. The van der Waals surface area contributed by atoms with Crippen LogP contribution in [0.25, 0.3) is 0 Å². The van der Waals surface area contributed by atoms with Crippen LogP contribution in [0.1, 0.15) is 18.8 Å². The fourth-order valence-corrected chi connectivity index (χ4v) is 2.78. The van der Waals surface area contributed by atoms with Crippen molar-refractivity contribution in [3.05, 3.63) is 35.9 Å². The zero-order valence-corrected chi connectivity index (χ0v) is 12.1. The number of hydrogen-bond donors (Lipinski definition) is 3. The molecule has 7 heteroatoms. The Balaban J connectivity index is 1.75. The van der Waals surface area contributed by atoms with Crippen molar-refractivity contribution in [3.8, 4) is 0 Å². The van der Waals surface area contributed by atoms with Crippen LogP contribution in [0.15, 0.2) is 30.3 Å². The number of hydrogen-bond acceptors (Lipinski definition) is 6. The van der Waals surface area contributed by atoms with E-state index in [2.05, 4.69) is 5.32 Å². The zero-order chi connectivity index (χ0) is 15.7. The molecule has 1 amide bonds. The Morgan fingerprint density at radius 2 is 1.95 bits per heavy atom. The highest BCUT2D eigenvalue weighted by atomic mass is 16.7. The number of rotatable bonds is 2. The first kappa shape index (κ1) is 15.4. The van der Waals surface area contributed by atoms with Gasteiger partial charge in [-0.2, -0.15) is 0 Å². The first-order chi connectivity index (χ1) is 10.6. The number of aliphatic hydroxyl groups is 2. The van der Waals surface area contributed by atoms with Crippen LogP contribution in [-0.2, 0) is 19.0 Å². The minimum Gasteiger partial charge on any atom is -0.388 e. The molecule has 2 fully saturated rings. The van der Waals surface area contributed by atoms with Gasteiger partial charge < -0.3 is 29.7 Å². The van der Waals surface area contributed by atoms with Gasteiger partial charge >= 0.3 is 0 Å². The minimum absolute atomic E-state index is 0.186. The lowest BCUT2D eigenvalue weighted by atomic mass is 9.96. The van der Waals surface area contributed by atoms with E-state index in [1.165, 1.54) is 6.92 Å². The van der Waals surface area contributed by atoms with Gasteiger partial charge in [0.15, 0.2) is 12.6 Å². The summed E-state index contributed by atoms with van der Waals surface area (Å²) < 4.78 is 16.8. The van der Waals surface area contributed by atoms with Crippen molar-refractivity contribution in [2.75, 3.05) is 6.61 Å². The van der Waals surface area contributed by atoms with Crippen LogP contribution < -0.4 is 5.32 Å². The second-order valence-corrected chi connectivity index (χ2v) is 5.46. The molecular weight excluding hydrogens is 290 g/mol. The van der Waals surface area contributed by atoms with E-state index in [1.807, 2.05) is 30.3 Å². The molecule has 2 saturated heterocycles. The maximum absolute atomic E-state index is 11.2. The summed E-state index contributed by atoms with van der Waals surface area (Å²) in [6.45, 7) is 1.49. The molecule has 6 atom stereocenters. The highest BCUT2D eigenvalue weighted by Crippen LogP contribution is 2.33. The Bertz CT molecular complexity index is 524. The van der Waals surface area contributed by atoms with E-state index in [0.717, 1.165) is 5.56 Å². The Morgan fingerprint density at radius 1 is 1.23 bits per heavy atom. The lowest BCUT2D eigenvalue weighted by Crippen LogP contribution is -2.66. The smallest absolute Gasteiger partial charge is 0.217 e. The molecule has 0 aliphatic carbocycles. The van der Waals surface area contributed by atoms with Gasteiger partial charge in [-0.25, -0.2) is 0 Å². The van der Waals surface area contributed by atoms with Crippen LogP contribution in [0, 0.1) is 0 Å². The molecule has 3 N–H and O–H groups in total. The number of carbonyl (C=O) groups is 1. The third-order valence-electron chi connectivity index (χ3n) is 3.83. The van der Waals surface area contributed by atoms with Gasteiger partial charge in [-0.15, -0.1) is 0 Å². The molecule has 3 rings (SSSR count). The molecule has 120 valence electrons. The average molecular weight is 309 g/mol. The summed E-state index contributed by atoms with van der Waals surface area (Å²) in [4.78, 5) is 11.2. The molecule has 2 aliphatic heterocycles. The fourth-order valence-electron chi connectivity index (χ4n) is 2.78. The Kier molecular flexibility index (Phi) is 4.42. The summed E-state index contributed by atoms with van der Waals surface area (Å²) in [6, 6.07) is 8.41. The monoisotopic (exact) mass is 309 g/mol. The first-order valence-electron chi connectivity index (χ1n) is 7.17. The van der Waals surface area contributed by atoms with Gasteiger partial charge in [-0.3, -0.25) is 4.79 Å². The van der Waals surface area contributed by atoms with E-state index in [0.29, 0.717) is 0 Å². The van der Waals surface area contributed by atoms with Crippen molar-refractivity contribution in [2.45, 2.75) is 43.9 Å². The molecule has 22 heavy (non-hydrogen) atoms. The van der Waals surface area contributed by atoms with Crippen molar-refractivity contribution < 1.29 is 29.2 Å². The number of nitrogens with one attached hydrogen (secondary N) is 1. The van der Waals surface area contributed by atoms with E-state index in [4.69, 9.17) is 14.2 Å². The second kappa shape index (κ2) is 6.31. The maximum atomic E-state index is 11.2. The van der Waals surface area contributed by atoms with Crippen LogP contribution in [0.4, 0.5) is 0 Å². The van der Waals surface area contributed by atoms with Crippen LogP contribution in [0.3, 0.4) is 0 Å². The Labute approximate surface area is 127 Å². The second-order valence-electron chi connectivity index (χ2n) is 5.46. The van der Waals surface area contributed by atoms with Crippen LogP contribution >= 0.6 is 0 Å². The van der Waals surface area contributed by atoms with Gasteiger partial charge in [-0.1, -0.05) is 30.3 Å². The molecule has 2 heterocycles. The van der Waals surface area contributed by atoms with E-state index < -0.39 is 36.9 Å². The number of benzene rings is 1. The molecule has 2 aliphatic rings. The number of aliphatic hydroxyl groups excluding tert-OH is 2. The number of fused-ring (bicyclic) bond motifs is 1. The maximum Gasteiger partial charge on any atom is 0.217 e. The standard InChI is InChI=1S/C15H19NO6/c1-8(17)16-11-12(18)13-10(21-14(11)19)7-20-15(22-13)9-5-3-2-4-6-9/h2-6,10-15,18-19H,7H2,1H3,(H,16,17)/t10-,11+,12-,13-,14+,15-/m1/s1. The molecule has 0 unspecified atom stereocenters. The van der Waals surface area contributed by atoms with Gasteiger partial charge in [0, 0.05) is 12.5 Å². The van der Waals surface area contributed by atoms with Crippen molar-refractivity contribution >= 4 is 5.91 Å². The third-order valence-corrected chi connectivity index (χ3v) is 3.83. The SMILES string of the molecule is CC(=O)N[C@H]1[C@@H](O)[C@@H]2O[C@H](c3ccccc3)OC[C@H]2O[C@@H]1O. The third kappa shape index (κ3) is 2.99. The molecular formula is C15H19NO6. The van der Waals surface area contributed by atoms with Gasteiger partial charge in [0.05, 0.1) is 6.61 Å². The normalized spacial score (nSPS) is 38.1. The van der Waals surface area contributed by atoms with Crippen LogP contribution in [0.5, 0.6) is 0 Å². The molecule has 7 nitrogen and oxygen atoms in total. The van der Waals surface area contributed by atoms with E-state index in [-0.39, 0.29) is 12.5 Å². The summed E-state index contributed by atoms with van der Waals surface area (Å²) >= 11 is 0. The lowest BCUT2D eigenvalue weighted by Gasteiger charge is -2.46. The zero-order valence-electron chi connectivity index (χ0n) is 12.1. The summed E-state index contributed by atoms with van der Waals surface area (Å²) in [5.74, 6) is -0.364. The lowest BCUT2D eigenvalue weighted by molar-refractivity contribution is -0.337. The first-order valence-corrected chi connectivity index (χ1v) is 7.17. The summed E-state index contributed by atoms with van der Waals surface area (Å²) in [5.41, 5.74) is 0.829. The summed E-state index contributed by atoms with van der Waals surface area (Å²) in [5, 5.41) is 22.8. The van der Waals surface area contributed by atoms with Gasteiger partial charge in [0.1, 0.15) is 24.4 Å². The fraction of sp³-hybridized carbons (Fsp3) is 0.533. The summed E-state index contributed by atoms with van der Waals surface area (Å²) in [6.07, 6.45) is -4.29. The number of carbonyl (C=O) groups excluding carboxylic acids is 1. The Morgan fingerprint density at radius 3 is 2.64 bits per heavy atom. The molecule has 0 spiro atoms. The number of ether oxygens (including phenoxy) is 3. The molecule has 1 aromatic rings. The number of amides is 1. The van der Waals surface area contributed by atoms with Crippen LogP contribution in [-0.4, -0.2) is 53.4 Å². The predicted octanol–water partition coefficient (Wildman–Crippen LogP) is -0.317. The molecule has 0 aromatic heterocycles. The predicted molar refractivity (Wildman–Crippen MR) is 74.5 cm³/mol. The van der Waals surface area contributed by atoms with E-state index in [1.54, 1.807) is 0 Å². The van der Waals surface area contributed by atoms with E-state index >= 15 is 0 Å².